The molecule has 0 saturated heterocycles. The van der Waals surface area contributed by atoms with E-state index in [1.54, 1.807) is 0 Å². The Balaban J connectivity index is 1.92. The van der Waals surface area contributed by atoms with E-state index in [2.05, 4.69) is 0 Å². The fraction of sp³-hybridized carbons (Fsp3) is 0.462. The van der Waals surface area contributed by atoms with Crippen molar-refractivity contribution in [1.82, 2.24) is 0 Å². The lowest BCUT2D eigenvalue weighted by Crippen LogP contribution is -2.16. The Hall–Kier alpha value is -1.29. The molecule has 1 aromatic rings. The van der Waals surface area contributed by atoms with E-state index in [-0.39, 0.29) is 24.1 Å². The van der Waals surface area contributed by atoms with Crippen LogP contribution in [0.2, 0.25) is 0 Å². The van der Waals surface area contributed by atoms with Gasteiger partial charge in [0.15, 0.2) is 17.4 Å². The van der Waals surface area contributed by atoms with Gasteiger partial charge in [-0.25, -0.2) is 8.78 Å². The van der Waals surface area contributed by atoms with Crippen LogP contribution >= 0.6 is 0 Å². The zero-order valence-corrected chi connectivity index (χ0v) is 9.42. The monoisotopic (exact) mass is 240 g/mol. The molecule has 0 aliphatic heterocycles. The lowest BCUT2D eigenvalue weighted by atomic mass is 10.1. The van der Waals surface area contributed by atoms with Crippen LogP contribution in [0, 0.1) is 11.6 Å². The zero-order valence-electron chi connectivity index (χ0n) is 9.42. The lowest BCUT2D eigenvalue weighted by molar-refractivity contribution is 0.0482. The number of Topliss-reactive ketones (excluding diaryl/α,β-unsaturated/α-hetero) is 1. The Kier molecular flexibility index (Phi) is 3.84. The van der Waals surface area contributed by atoms with Crippen LogP contribution in [0.15, 0.2) is 18.2 Å². The summed E-state index contributed by atoms with van der Waals surface area (Å²) >= 11 is 0. The first-order valence-corrected chi connectivity index (χ1v) is 5.76. The van der Waals surface area contributed by atoms with Gasteiger partial charge in [0.05, 0.1) is 6.10 Å². The predicted octanol–water partition coefficient (Wildman–Crippen LogP) is 3.11. The molecule has 17 heavy (non-hydrogen) atoms. The average molecular weight is 240 g/mol. The molecule has 1 aliphatic carbocycles. The molecule has 0 atom stereocenters. The maximum Gasteiger partial charge on any atom is 0.188 e. The Bertz CT molecular complexity index is 412. The number of ketones is 1. The smallest absolute Gasteiger partial charge is 0.188 e. The van der Waals surface area contributed by atoms with Gasteiger partial charge in [-0.15, -0.1) is 0 Å². The summed E-state index contributed by atoms with van der Waals surface area (Å²) in [6, 6.07) is 3.15. The highest BCUT2D eigenvalue weighted by Gasteiger charge is 2.17. The van der Waals surface area contributed by atoms with Gasteiger partial charge in [-0.05, 0) is 31.0 Å². The maximum atomic E-state index is 12.9. The fourth-order valence-corrected chi connectivity index (χ4v) is 2.00. The average Bonchev–Trinajstić information content (AvgIpc) is 2.82. The molecule has 0 heterocycles. The van der Waals surface area contributed by atoms with E-state index < -0.39 is 11.6 Å². The van der Waals surface area contributed by atoms with Crippen LogP contribution in [-0.4, -0.2) is 18.5 Å². The molecule has 0 bridgehead atoms. The van der Waals surface area contributed by atoms with Crippen molar-refractivity contribution in [1.29, 1.82) is 0 Å². The molecule has 1 aliphatic rings. The molecular formula is C13H14F2O2. The number of halogens is 2. The summed E-state index contributed by atoms with van der Waals surface area (Å²) in [4.78, 5) is 11.7. The lowest BCUT2D eigenvalue weighted by Gasteiger charge is -2.10. The number of carbonyl (C=O) groups is 1. The van der Waals surface area contributed by atoms with Crippen molar-refractivity contribution in [2.24, 2.45) is 0 Å². The third kappa shape index (κ3) is 3.09. The molecule has 2 rings (SSSR count). The van der Waals surface area contributed by atoms with Crippen molar-refractivity contribution in [3.63, 3.8) is 0 Å². The van der Waals surface area contributed by atoms with Crippen LogP contribution in [0.5, 0.6) is 0 Å². The van der Waals surface area contributed by atoms with Gasteiger partial charge in [-0.1, -0.05) is 12.8 Å². The number of carbonyl (C=O) groups excluding carboxylic acids is 1. The quantitative estimate of drug-likeness (QED) is 0.756. The molecule has 1 saturated carbocycles. The van der Waals surface area contributed by atoms with E-state index in [4.69, 9.17) is 4.74 Å². The Morgan fingerprint density at radius 1 is 1.24 bits per heavy atom. The summed E-state index contributed by atoms with van der Waals surface area (Å²) in [7, 11) is 0. The number of rotatable bonds is 4. The molecule has 0 N–H and O–H groups in total. The molecule has 2 nitrogen and oxygen atoms in total. The Morgan fingerprint density at radius 3 is 2.59 bits per heavy atom. The first kappa shape index (κ1) is 12.2. The third-order valence-electron chi connectivity index (χ3n) is 2.99. The summed E-state index contributed by atoms with van der Waals surface area (Å²) in [5.41, 5.74) is 0.155. The van der Waals surface area contributed by atoms with E-state index in [1.165, 1.54) is 6.07 Å². The third-order valence-corrected chi connectivity index (χ3v) is 2.99. The van der Waals surface area contributed by atoms with Crippen LogP contribution in [-0.2, 0) is 4.74 Å². The largest absolute Gasteiger partial charge is 0.370 e. The molecule has 92 valence electrons. The van der Waals surface area contributed by atoms with Gasteiger partial charge in [0.25, 0.3) is 0 Å². The van der Waals surface area contributed by atoms with Crippen LogP contribution in [0.25, 0.3) is 0 Å². The molecule has 0 aromatic heterocycles. The number of hydrogen-bond donors (Lipinski definition) is 0. The molecule has 4 heteroatoms. The molecular weight excluding hydrogens is 226 g/mol. The second kappa shape index (κ2) is 5.36. The Labute approximate surface area is 98.6 Å². The summed E-state index contributed by atoms with van der Waals surface area (Å²) in [5.74, 6) is -2.26. The molecule has 0 radical (unpaired) electrons. The second-order valence-corrected chi connectivity index (χ2v) is 4.27. The standard InChI is InChI=1S/C13H14F2O2/c14-11-6-5-9(7-12(11)15)13(16)8-17-10-3-1-2-4-10/h5-7,10H,1-4,8H2. The summed E-state index contributed by atoms with van der Waals surface area (Å²) in [6.45, 7) is -0.0598. The second-order valence-electron chi connectivity index (χ2n) is 4.27. The van der Waals surface area contributed by atoms with E-state index in [0.29, 0.717) is 0 Å². The van der Waals surface area contributed by atoms with Gasteiger partial charge in [-0.2, -0.15) is 0 Å². The SMILES string of the molecule is O=C(COC1CCCC1)c1ccc(F)c(F)c1. The summed E-state index contributed by atoms with van der Waals surface area (Å²) in [5, 5.41) is 0. The van der Waals surface area contributed by atoms with Crippen molar-refractivity contribution in [2.45, 2.75) is 31.8 Å². The normalized spacial score (nSPS) is 16.4. The highest BCUT2D eigenvalue weighted by molar-refractivity contribution is 5.97. The van der Waals surface area contributed by atoms with Gasteiger partial charge in [0, 0.05) is 5.56 Å². The molecule has 1 fully saturated rings. The van der Waals surface area contributed by atoms with Crippen molar-refractivity contribution in [2.75, 3.05) is 6.61 Å². The molecule has 0 amide bonds. The number of hydrogen-bond acceptors (Lipinski definition) is 2. The minimum Gasteiger partial charge on any atom is -0.370 e. The number of ether oxygens (including phenoxy) is 1. The highest BCUT2D eigenvalue weighted by atomic mass is 19.2. The maximum absolute atomic E-state index is 12.9. The van der Waals surface area contributed by atoms with Crippen LogP contribution in [0.3, 0.4) is 0 Å². The molecule has 1 aromatic carbocycles. The van der Waals surface area contributed by atoms with Gasteiger partial charge in [0.1, 0.15) is 6.61 Å². The van der Waals surface area contributed by atoms with Crippen LogP contribution in [0.4, 0.5) is 8.78 Å². The van der Waals surface area contributed by atoms with Crippen molar-refractivity contribution >= 4 is 5.78 Å². The van der Waals surface area contributed by atoms with Crippen molar-refractivity contribution in [3.05, 3.63) is 35.4 Å². The fourth-order valence-electron chi connectivity index (χ4n) is 2.00. The van der Waals surface area contributed by atoms with E-state index in [9.17, 15) is 13.6 Å². The van der Waals surface area contributed by atoms with Crippen LogP contribution in [0.1, 0.15) is 36.0 Å². The minimum absolute atomic E-state index is 0.0598. The van der Waals surface area contributed by atoms with Crippen molar-refractivity contribution < 1.29 is 18.3 Å². The predicted molar refractivity (Wildman–Crippen MR) is 58.9 cm³/mol. The zero-order chi connectivity index (χ0) is 12.3. The number of benzene rings is 1. The topological polar surface area (TPSA) is 26.3 Å². The minimum atomic E-state index is -1.00. The Morgan fingerprint density at radius 2 is 1.94 bits per heavy atom. The molecule has 0 unspecified atom stereocenters. The highest BCUT2D eigenvalue weighted by Crippen LogP contribution is 2.21. The van der Waals surface area contributed by atoms with E-state index in [0.717, 1.165) is 37.8 Å². The molecule has 0 spiro atoms. The van der Waals surface area contributed by atoms with Gasteiger partial charge >= 0.3 is 0 Å². The first-order valence-electron chi connectivity index (χ1n) is 5.76. The summed E-state index contributed by atoms with van der Waals surface area (Å²) < 4.78 is 31.0. The van der Waals surface area contributed by atoms with E-state index in [1.807, 2.05) is 0 Å². The first-order chi connectivity index (χ1) is 8.16. The van der Waals surface area contributed by atoms with Crippen molar-refractivity contribution in [3.8, 4) is 0 Å². The van der Waals surface area contributed by atoms with Gasteiger partial charge in [-0.3, -0.25) is 4.79 Å². The summed E-state index contributed by atoms with van der Waals surface area (Å²) in [6.07, 6.45) is 4.36. The van der Waals surface area contributed by atoms with Gasteiger partial charge < -0.3 is 4.74 Å². The van der Waals surface area contributed by atoms with E-state index >= 15 is 0 Å². The van der Waals surface area contributed by atoms with Gasteiger partial charge in [0.2, 0.25) is 0 Å². The van der Waals surface area contributed by atoms with Crippen LogP contribution < -0.4 is 0 Å².